The van der Waals surface area contributed by atoms with Gasteiger partial charge in [0.05, 0.1) is 0 Å². The summed E-state index contributed by atoms with van der Waals surface area (Å²) in [5, 5.41) is 4.60. The third-order valence-electron chi connectivity index (χ3n) is 3.90. The summed E-state index contributed by atoms with van der Waals surface area (Å²) in [6, 6.07) is 1.59. The Balaban J connectivity index is 1.72. The van der Waals surface area contributed by atoms with Crippen molar-refractivity contribution in [3.63, 3.8) is 0 Å². The Morgan fingerprint density at radius 1 is 1.40 bits per heavy atom. The molecule has 0 amide bonds. The summed E-state index contributed by atoms with van der Waals surface area (Å²) < 4.78 is 0. The predicted octanol–water partition coefficient (Wildman–Crippen LogP) is 1.95. The Hall–Kier alpha value is 0.270. The highest BCUT2D eigenvalue weighted by atomic mass is 32.2. The molecule has 0 bridgehead atoms. The fourth-order valence-electron chi connectivity index (χ4n) is 2.83. The van der Waals surface area contributed by atoms with Crippen LogP contribution in [-0.4, -0.2) is 47.6 Å². The highest BCUT2D eigenvalue weighted by Crippen LogP contribution is 2.26. The van der Waals surface area contributed by atoms with Crippen molar-refractivity contribution in [2.45, 2.75) is 50.4 Å². The van der Waals surface area contributed by atoms with Crippen molar-refractivity contribution in [3.05, 3.63) is 0 Å². The van der Waals surface area contributed by atoms with E-state index in [1.807, 2.05) is 0 Å². The zero-order valence-corrected chi connectivity index (χ0v) is 10.9. The number of rotatable bonds is 4. The van der Waals surface area contributed by atoms with Gasteiger partial charge in [-0.05, 0) is 38.1 Å². The second kappa shape index (κ2) is 5.55. The van der Waals surface area contributed by atoms with Crippen LogP contribution in [0.4, 0.5) is 0 Å². The van der Waals surface area contributed by atoms with Crippen molar-refractivity contribution in [2.24, 2.45) is 0 Å². The van der Waals surface area contributed by atoms with E-state index < -0.39 is 0 Å². The molecule has 0 aromatic rings. The molecule has 2 nitrogen and oxygen atoms in total. The first-order chi connectivity index (χ1) is 7.31. The zero-order valence-electron chi connectivity index (χ0n) is 10.0. The van der Waals surface area contributed by atoms with Crippen molar-refractivity contribution in [1.82, 2.24) is 10.2 Å². The van der Waals surface area contributed by atoms with Gasteiger partial charge in [-0.2, -0.15) is 11.8 Å². The van der Waals surface area contributed by atoms with Crippen molar-refractivity contribution in [1.29, 1.82) is 0 Å². The SMILES string of the molecule is CCN1CCCC1CNC1CCSC1C. The Labute approximate surface area is 98.2 Å². The second-order valence-electron chi connectivity index (χ2n) is 4.80. The molecular formula is C12H24N2S. The lowest BCUT2D eigenvalue weighted by Gasteiger charge is -2.25. The number of likely N-dealkylation sites (N-methyl/N-ethyl adjacent to an activating group) is 1. The Bertz CT molecular complexity index is 198. The first kappa shape index (κ1) is 11.7. The number of hydrogen-bond donors (Lipinski definition) is 1. The maximum Gasteiger partial charge on any atom is 0.0221 e. The quantitative estimate of drug-likeness (QED) is 0.792. The number of nitrogens with zero attached hydrogens (tertiary/aromatic N) is 1. The van der Waals surface area contributed by atoms with Gasteiger partial charge >= 0.3 is 0 Å². The fraction of sp³-hybridized carbons (Fsp3) is 1.00. The number of thioether (sulfide) groups is 1. The highest BCUT2D eigenvalue weighted by molar-refractivity contribution is 8.00. The van der Waals surface area contributed by atoms with Crippen LogP contribution in [0.3, 0.4) is 0 Å². The summed E-state index contributed by atoms with van der Waals surface area (Å²) in [5.41, 5.74) is 0. The first-order valence-corrected chi connectivity index (χ1v) is 7.45. The normalized spacial score (nSPS) is 37.6. The van der Waals surface area contributed by atoms with E-state index in [4.69, 9.17) is 0 Å². The van der Waals surface area contributed by atoms with E-state index in [1.54, 1.807) is 0 Å². The average Bonchev–Trinajstić information content (AvgIpc) is 2.83. The highest BCUT2D eigenvalue weighted by Gasteiger charge is 2.27. The van der Waals surface area contributed by atoms with Crippen molar-refractivity contribution < 1.29 is 0 Å². The van der Waals surface area contributed by atoms with Crippen LogP contribution in [0.15, 0.2) is 0 Å². The van der Waals surface area contributed by atoms with E-state index in [0.29, 0.717) is 0 Å². The van der Waals surface area contributed by atoms with Gasteiger partial charge in [0, 0.05) is 23.9 Å². The van der Waals surface area contributed by atoms with Crippen molar-refractivity contribution in [2.75, 3.05) is 25.4 Å². The molecule has 0 radical (unpaired) electrons. The molecule has 0 aromatic carbocycles. The molecule has 1 N–H and O–H groups in total. The van der Waals surface area contributed by atoms with Gasteiger partial charge in [0.2, 0.25) is 0 Å². The fourth-order valence-corrected chi connectivity index (χ4v) is 4.06. The van der Waals surface area contributed by atoms with Crippen LogP contribution in [0, 0.1) is 0 Å². The average molecular weight is 228 g/mol. The Morgan fingerprint density at radius 2 is 2.27 bits per heavy atom. The smallest absolute Gasteiger partial charge is 0.0221 e. The molecule has 2 aliphatic rings. The summed E-state index contributed by atoms with van der Waals surface area (Å²) in [7, 11) is 0. The van der Waals surface area contributed by atoms with E-state index in [-0.39, 0.29) is 0 Å². The molecule has 0 spiro atoms. The lowest BCUT2D eigenvalue weighted by Crippen LogP contribution is -2.43. The molecule has 15 heavy (non-hydrogen) atoms. The molecule has 3 atom stereocenters. The Morgan fingerprint density at radius 3 is 2.93 bits per heavy atom. The van der Waals surface area contributed by atoms with E-state index in [2.05, 4.69) is 35.8 Å². The van der Waals surface area contributed by atoms with Gasteiger partial charge in [-0.3, -0.25) is 4.90 Å². The number of nitrogens with one attached hydrogen (secondary N) is 1. The third-order valence-corrected chi connectivity index (χ3v) is 5.22. The van der Waals surface area contributed by atoms with E-state index >= 15 is 0 Å². The third kappa shape index (κ3) is 2.89. The molecule has 88 valence electrons. The van der Waals surface area contributed by atoms with E-state index in [0.717, 1.165) is 17.3 Å². The first-order valence-electron chi connectivity index (χ1n) is 6.40. The van der Waals surface area contributed by atoms with Gasteiger partial charge in [0.1, 0.15) is 0 Å². The van der Waals surface area contributed by atoms with Gasteiger partial charge in [-0.15, -0.1) is 0 Å². The summed E-state index contributed by atoms with van der Waals surface area (Å²) in [6.45, 7) is 8.40. The van der Waals surface area contributed by atoms with Gasteiger partial charge in [-0.1, -0.05) is 13.8 Å². The van der Waals surface area contributed by atoms with Crippen LogP contribution in [0.25, 0.3) is 0 Å². The number of hydrogen-bond acceptors (Lipinski definition) is 3. The van der Waals surface area contributed by atoms with Crippen LogP contribution in [0.5, 0.6) is 0 Å². The summed E-state index contributed by atoms with van der Waals surface area (Å²) in [6.07, 6.45) is 4.16. The van der Waals surface area contributed by atoms with Crippen LogP contribution in [-0.2, 0) is 0 Å². The van der Waals surface area contributed by atoms with E-state index in [1.165, 1.54) is 44.6 Å². The molecule has 0 saturated carbocycles. The molecular weight excluding hydrogens is 204 g/mol. The molecule has 2 heterocycles. The summed E-state index contributed by atoms with van der Waals surface area (Å²) in [4.78, 5) is 2.62. The minimum absolute atomic E-state index is 0.773. The second-order valence-corrected chi connectivity index (χ2v) is 6.29. The maximum absolute atomic E-state index is 3.78. The topological polar surface area (TPSA) is 15.3 Å². The standard InChI is InChI=1S/C12H24N2S/c1-3-14-7-4-5-11(14)9-13-12-6-8-15-10(12)2/h10-13H,3-9H2,1-2H3. The largest absolute Gasteiger partial charge is 0.311 e. The molecule has 2 fully saturated rings. The summed E-state index contributed by atoms with van der Waals surface area (Å²) >= 11 is 2.12. The minimum atomic E-state index is 0.773. The molecule has 0 aliphatic carbocycles. The Kier molecular flexibility index (Phi) is 4.35. The minimum Gasteiger partial charge on any atom is -0.311 e. The monoisotopic (exact) mass is 228 g/mol. The van der Waals surface area contributed by atoms with Crippen molar-refractivity contribution >= 4 is 11.8 Å². The molecule has 0 aromatic heterocycles. The van der Waals surface area contributed by atoms with Gasteiger partial charge < -0.3 is 5.32 Å². The van der Waals surface area contributed by atoms with Crippen LogP contribution in [0.2, 0.25) is 0 Å². The maximum atomic E-state index is 3.78. The molecule has 3 unspecified atom stereocenters. The molecule has 2 aliphatic heterocycles. The molecule has 2 rings (SSSR count). The number of likely N-dealkylation sites (tertiary alicyclic amines) is 1. The zero-order chi connectivity index (χ0) is 10.7. The molecule has 3 heteroatoms. The van der Waals surface area contributed by atoms with Gasteiger partial charge in [-0.25, -0.2) is 0 Å². The van der Waals surface area contributed by atoms with Gasteiger partial charge in [0.25, 0.3) is 0 Å². The van der Waals surface area contributed by atoms with Gasteiger partial charge in [0.15, 0.2) is 0 Å². The lowest BCUT2D eigenvalue weighted by atomic mass is 10.1. The molecule has 2 saturated heterocycles. The lowest BCUT2D eigenvalue weighted by molar-refractivity contribution is 0.253. The van der Waals surface area contributed by atoms with E-state index in [9.17, 15) is 0 Å². The van der Waals surface area contributed by atoms with Crippen LogP contribution in [0.1, 0.15) is 33.1 Å². The summed E-state index contributed by atoms with van der Waals surface area (Å²) in [5.74, 6) is 1.35. The predicted molar refractivity (Wildman–Crippen MR) is 68.6 cm³/mol. The van der Waals surface area contributed by atoms with Crippen LogP contribution < -0.4 is 5.32 Å². The van der Waals surface area contributed by atoms with Crippen molar-refractivity contribution in [3.8, 4) is 0 Å². The van der Waals surface area contributed by atoms with Crippen LogP contribution >= 0.6 is 11.8 Å².